The maximum atomic E-state index is 12.9. The molecule has 3 heterocycles. The minimum absolute atomic E-state index is 0.0510. The SMILES string of the molecule is CCOC(=O)[C@H]1C[C@@]2(C(=O)Nc3ccc([N+](=O)[O-])cc32)N2CCC[C@@H]12. The van der Waals surface area contributed by atoms with Gasteiger partial charge in [-0.2, -0.15) is 0 Å². The maximum Gasteiger partial charge on any atom is 0.310 e. The molecule has 25 heavy (non-hydrogen) atoms. The van der Waals surface area contributed by atoms with E-state index in [9.17, 15) is 19.7 Å². The van der Waals surface area contributed by atoms with Gasteiger partial charge in [0.05, 0.1) is 17.4 Å². The highest BCUT2D eigenvalue weighted by Gasteiger charge is 2.63. The third-order valence-corrected chi connectivity index (χ3v) is 5.64. The van der Waals surface area contributed by atoms with Crippen LogP contribution >= 0.6 is 0 Å². The number of fused-ring (bicyclic) bond motifs is 4. The summed E-state index contributed by atoms with van der Waals surface area (Å²) in [4.78, 5) is 38.1. The van der Waals surface area contributed by atoms with Crippen LogP contribution in [0.25, 0.3) is 0 Å². The van der Waals surface area contributed by atoms with E-state index in [2.05, 4.69) is 10.2 Å². The Bertz CT molecular complexity index is 780. The van der Waals surface area contributed by atoms with Crippen molar-refractivity contribution in [1.29, 1.82) is 0 Å². The van der Waals surface area contributed by atoms with Crippen molar-refractivity contribution in [2.45, 2.75) is 37.8 Å². The van der Waals surface area contributed by atoms with Crippen molar-refractivity contribution in [2.24, 2.45) is 5.92 Å². The number of carbonyl (C=O) groups is 2. The lowest BCUT2D eigenvalue weighted by Crippen LogP contribution is -2.47. The van der Waals surface area contributed by atoms with Crippen molar-refractivity contribution in [3.8, 4) is 0 Å². The van der Waals surface area contributed by atoms with Crippen LogP contribution in [0.2, 0.25) is 0 Å². The maximum absolute atomic E-state index is 12.9. The average Bonchev–Trinajstić information content (AvgIpc) is 3.23. The van der Waals surface area contributed by atoms with E-state index in [1.807, 2.05) is 0 Å². The van der Waals surface area contributed by atoms with Crippen LogP contribution in [0, 0.1) is 16.0 Å². The number of nitro benzene ring substituents is 1. The molecule has 0 saturated carbocycles. The van der Waals surface area contributed by atoms with Crippen molar-refractivity contribution in [3.63, 3.8) is 0 Å². The third kappa shape index (κ3) is 2.10. The number of non-ortho nitro benzene ring substituents is 1. The van der Waals surface area contributed by atoms with Crippen LogP contribution in [0.5, 0.6) is 0 Å². The van der Waals surface area contributed by atoms with Crippen molar-refractivity contribution >= 4 is 23.3 Å². The number of hydrogen-bond acceptors (Lipinski definition) is 6. The molecule has 1 amide bonds. The van der Waals surface area contributed by atoms with E-state index in [-0.39, 0.29) is 23.6 Å². The smallest absolute Gasteiger partial charge is 0.310 e. The van der Waals surface area contributed by atoms with Gasteiger partial charge in [-0.05, 0) is 38.8 Å². The van der Waals surface area contributed by atoms with Gasteiger partial charge in [0.25, 0.3) is 5.69 Å². The normalized spacial score (nSPS) is 30.2. The molecule has 3 atom stereocenters. The summed E-state index contributed by atoms with van der Waals surface area (Å²) in [5, 5.41) is 14.0. The zero-order valence-corrected chi connectivity index (χ0v) is 13.9. The Morgan fingerprint density at radius 3 is 3.04 bits per heavy atom. The van der Waals surface area contributed by atoms with E-state index in [4.69, 9.17) is 4.74 Å². The Labute approximate surface area is 144 Å². The first kappa shape index (κ1) is 16.0. The zero-order chi connectivity index (χ0) is 17.8. The molecule has 2 fully saturated rings. The standard InChI is InChI=1S/C17H19N3O5/c1-2-25-15(21)11-9-17(19-7-3-4-14(11)19)12-8-10(20(23)24)5-6-13(12)18-16(17)22/h5-6,8,11,14H,2-4,7,9H2,1H3,(H,18,22)/t11-,14-,17+/m0/s1. The highest BCUT2D eigenvalue weighted by Crippen LogP contribution is 2.55. The van der Waals surface area contributed by atoms with Crippen LogP contribution < -0.4 is 5.32 Å². The molecule has 4 rings (SSSR count). The van der Waals surface area contributed by atoms with E-state index in [0.29, 0.717) is 30.8 Å². The highest BCUT2D eigenvalue weighted by molar-refractivity contribution is 6.07. The summed E-state index contributed by atoms with van der Waals surface area (Å²) in [5.41, 5.74) is 0.126. The lowest BCUT2D eigenvalue weighted by Gasteiger charge is -2.32. The molecule has 1 aromatic carbocycles. The lowest BCUT2D eigenvalue weighted by molar-refractivity contribution is -0.384. The number of esters is 1. The molecule has 0 aromatic heterocycles. The largest absolute Gasteiger partial charge is 0.466 e. The minimum atomic E-state index is -1.01. The first-order valence-electron chi connectivity index (χ1n) is 8.53. The second-order valence-corrected chi connectivity index (χ2v) is 6.77. The average molecular weight is 345 g/mol. The minimum Gasteiger partial charge on any atom is -0.466 e. The molecule has 2 saturated heterocycles. The highest BCUT2D eigenvalue weighted by atomic mass is 16.6. The number of hydrogen-bond donors (Lipinski definition) is 1. The Morgan fingerprint density at radius 2 is 2.32 bits per heavy atom. The van der Waals surface area contributed by atoms with Crippen molar-refractivity contribution in [2.75, 3.05) is 18.5 Å². The van der Waals surface area contributed by atoms with Gasteiger partial charge >= 0.3 is 5.97 Å². The van der Waals surface area contributed by atoms with Crippen LogP contribution in [0.3, 0.4) is 0 Å². The number of benzene rings is 1. The molecule has 0 aliphatic carbocycles. The van der Waals surface area contributed by atoms with E-state index in [0.717, 1.165) is 12.8 Å². The fourth-order valence-electron chi connectivity index (χ4n) is 4.68. The Morgan fingerprint density at radius 1 is 1.52 bits per heavy atom. The third-order valence-electron chi connectivity index (χ3n) is 5.64. The molecule has 0 bridgehead atoms. The van der Waals surface area contributed by atoms with E-state index in [1.165, 1.54) is 12.1 Å². The summed E-state index contributed by atoms with van der Waals surface area (Å²) in [7, 11) is 0. The predicted molar refractivity (Wildman–Crippen MR) is 87.9 cm³/mol. The van der Waals surface area contributed by atoms with Gasteiger partial charge in [-0.15, -0.1) is 0 Å². The fraction of sp³-hybridized carbons (Fsp3) is 0.529. The number of nitrogens with zero attached hydrogens (tertiary/aromatic N) is 2. The van der Waals surface area contributed by atoms with Crippen molar-refractivity contribution in [1.82, 2.24) is 4.90 Å². The second kappa shape index (κ2) is 5.52. The van der Waals surface area contributed by atoms with Gasteiger partial charge in [0.1, 0.15) is 5.54 Å². The molecule has 1 N–H and O–H groups in total. The Hall–Kier alpha value is -2.48. The second-order valence-electron chi connectivity index (χ2n) is 6.77. The molecule has 132 valence electrons. The summed E-state index contributed by atoms with van der Waals surface area (Å²) in [6.07, 6.45) is 2.01. The van der Waals surface area contributed by atoms with Crippen LogP contribution in [0.15, 0.2) is 18.2 Å². The number of rotatable bonds is 3. The Balaban J connectivity index is 1.82. The number of nitrogens with one attached hydrogen (secondary N) is 1. The van der Waals surface area contributed by atoms with Gasteiger partial charge < -0.3 is 10.1 Å². The lowest BCUT2D eigenvalue weighted by atomic mass is 9.84. The number of ether oxygens (including phenoxy) is 1. The molecule has 0 unspecified atom stereocenters. The van der Waals surface area contributed by atoms with Crippen molar-refractivity contribution in [3.05, 3.63) is 33.9 Å². The van der Waals surface area contributed by atoms with Gasteiger partial charge in [0.2, 0.25) is 5.91 Å². The molecule has 3 aliphatic rings. The molecule has 3 aliphatic heterocycles. The molecule has 8 nitrogen and oxygen atoms in total. The first-order chi connectivity index (χ1) is 12.0. The molecular formula is C17H19N3O5. The summed E-state index contributed by atoms with van der Waals surface area (Å²) in [6.45, 7) is 2.75. The van der Waals surface area contributed by atoms with Crippen LogP contribution in [0.4, 0.5) is 11.4 Å². The van der Waals surface area contributed by atoms with E-state index >= 15 is 0 Å². The van der Waals surface area contributed by atoms with Gasteiger partial charge in [0, 0.05) is 29.4 Å². The summed E-state index contributed by atoms with van der Waals surface area (Å²) in [6, 6.07) is 4.37. The quantitative estimate of drug-likeness (QED) is 0.509. The molecule has 1 aromatic rings. The number of anilines is 1. The monoisotopic (exact) mass is 345 g/mol. The first-order valence-corrected chi connectivity index (χ1v) is 8.53. The Kier molecular flexibility index (Phi) is 3.54. The van der Waals surface area contributed by atoms with Crippen LogP contribution in [-0.2, 0) is 19.9 Å². The molecule has 8 heteroatoms. The number of amides is 1. The van der Waals surface area contributed by atoms with E-state index in [1.54, 1.807) is 13.0 Å². The summed E-state index contributed by atoms with van der Waals surface area (Å²) < 4.78 is 5.22. The zero-order valence-electron chi connectivity index (χ0n) is 13.9. The van der Waals surface area contributed by atoms with E-state index < -0.39 is 16.4 Å². The van der Waals surface area contributed by atoms with Gasteiger partial charge in [0.15, 0.2) is 0 Å². The topological polar surface area (TPSA) is 102 Å². The van der Waals surface area contributed by atoms with Crippen LogP contribution in [-0.4, -0.2) is 40.9 Å². The fourth-order valence-corrected chi connectivity index (χ4v) is 4.68. The summed E-state index contributed by atoms with van der Waals surface area (Å²) in [5.74, 6) is -0.886. The molecular weight excluding hydrogens is 326 g/mol. The van der Waals surface area contributed by atoms with Gasteiger partial charge in [-0.1, -0.05) is 0 Å². The summed E-state index contributed by atoms with van der Waals surface area (Å²) >= 11 is 0. The molecule has 0 radical (unpaired) electrons. The molecule has 1 spiro atoms. The number of carbonyl (C=O) groups excluding carboxylic acids is 2. The number of nitro groups is 1. The van der Waals surface area contributed by atoms with Crippen LogP contribution in [0.1, 0.15) is 31.7 Å². The van der Waals surface area contributed by atoms with Gasteiger partial charge in [-0.3, -0.25) is 24.6 Å². The van der Waals surface area contributed by atoms with Gasteiger partial charge in [-0.25, -0.2) is 0 Å². The predicted octanol–water partition coefficient (Wildman–Crippen LogP) is 1.79. The van der Waals surface area contributed by atoms with Crippen molar-refractivity contribution < 1.29 is 19.2 Å².